The first-order valence-electron chi connectivity index (χ1n) is 9.91. The number of benzene rings is 1. The van der Waals surface area contributed by atoms with E-state index in [0.717, 1.165) is 30.9 Å². The van der Waals surface area contributed by atoms with E-state index >= 15 is 0 Å². The van der Waals surface area contributed by atoms with Crippen molar-refractivity contribution in [3.05, 3.63) is 58.9 Å². The Labute approximate surface area is 167 Å². The number of aromatic nitrogens is 2. The van der Waals surface area contributed by atoms with Crippen LogP contribution in [0.5, 0.6) is 0 Å². The van der Waals surface area contributed by atoms with Gasteiger partial charge >= 0.3 is 0 Å². The van der Waals surface area contributed by atoms with Crippen LogP contribution in [0.2, 0.25) is 0 Å². The number of pyridine rings is 1. The van der Waals surface area contributed by atoms with Crippen LogP contribution in [0.3, 0.4) is 0 Å². The van der Waals surface area contributed by atoms with Crippen LogP contribution in [0.4, 0.5) is 5.82 Å². The predicted molar refractivity (Wildman–Crippen MR) is 115 cm³/mol. The molecule has 28 heavy (non-hydrogen) atoms. The molecule has 1 N–H and O–H groups in total. The molecule has 3 aromatic rings. The van der Waals surface area contributed by atoms with E-state index in [1.165, 1.54) is 27.7 Å². The quantitative estimate of drug-likeness (QED) is 0.757. The molecule has 3 heterocycles. The van der Waals surface area contributed by atoms with E-state index in [1.807, 2.05) is 38.1 Å². The predicted octanol–water partition coefficient (Wildman–Crippen LogP) is 3.31. The lowest BCUT2D eigenvalue weighted by atomic mass is 9.97. The van der Waals surface area contributed by atoms with Crippen molar-refractivity contribution in [1.82, 2.24) is 14.5 Å². The molecule has 0 saturated carbocycles. The Balaban J connectivity index is 1.76. The van der Waals surface area contributed by atoms with Crippen LogP contribution in [-0.2, 0) is 25.1 Å². The number of aryl methyl sites for hydroxylation is 1. The Bertz CT molecular complexity index is 1000. The molecule has 1 aromatic carbocycles. The van der Waals surface area contributed by atoms with Crippen LogP contribution in [-0.4, -0.2) is 47.2 Å². The smallest absolute Gasteiger partial charge is 0.127 e. The third kappa shape index (κ3) is 3.29. The maximum Gasteiger partial charge on any atom is 0.127 e. The normalized spacial score (nSPS) is 16.8. The Hall–Kier alpha value is -2.37. The highest BCUT2D eigenvalue weighted by Gasteiger charge is 2.29. The molecule has 0 aliphatic carbocycles. The lowest BCUT2D eigenvalue weighted by Crippen LogP contribution is -2.31. The van der Waals surface area contributed by atoms with Gasteiger partial charge in [-0.15, -0.1) is 0 Å². The summed E-state index contributed by atoms with van der Waals surface area (Å²) in [6.45, 7) is 6.56. The highest BCUT2D eigenvalue weighted by molar-refractivity contribution is 5.86. The topological polar surface area (TPSA) is 44.5 Å². The van der Waals surface area contributed by atoms with Gasteiger partial charge < -0.3 is 19.5 Å². The fraction of sp³-hybridized carbons (Fsp3) is 0.435. The molecule has 2 aromatic heterocycles. The minimum Gasteiger partial charge on any atom is -0.384 e. The summed E-state index contributed by atoms with van der Waals surface area (Å²) in [5.74, 6) is 0.891. The molecule has 4 rings (SSSR count). The van der Waals surface area contributed by atoms with Crippen LogP contribution in [0.15, 0.2) is 36.5 Å². The molecule has 0 bridgehead atoms. The first kappa shape index (κ1) is 19.0. The summed E-state index contributed by atoms with van der Waals surface area (Å²) in [5.41, 5.74) is 5.10. The molecule has 0 radical (unpaired) electrons. The molecule has 148 valence electrons. The molecular weight excluding hydrogens is 348 g/mol. The minimum absolute atomic E-state index is 0.522. The van der Waals surface area contributed by atoms with Crippen molar-refractivity contribution in [3.63, 3.8) is 0 Å². The van der Waals surface area contributed by atoms with Crippen molar-refractivity contribution >= 4 is 16.7 Å². The zero-order valence-corrected chi connectivity index (χ0v) is 17.5. The van der Waals surface area contributed by atoms with Crippen molar-refractivity contribution in [1.29, 1.82) is 0 Å². The van der Waals surface area contributed by atoms with E-state index in [0.29, 0.717) is 6.54 Å². The van der Waals surface area contributed by atoms with Gasteiger partial charge in [0.25, 0.3) is 0 Å². The van der Waals surface area contributed by atoms with Gasteiger partial charge in [0.2, 0.25) is 0 Å². The van der Waals surface area contributed by atoms with E-state index in [4.69, 9.17) is 0 Å². The molecular formula is C23H30N4O. The zero-order chi connectivity index (χ0) is 20.1. The Morgan fingerprint density at radius 2 is 2.00 bits per heavy atom. The van der Waals surface area contributed by atoms with Crippen molar-refractivity contribution in [2.24, 2.45) is 0 Å². The fourth-order valence-corrected chi connectivity index (χ4v) is 4.25. The van der Waals surface area contributed by atoms with Gasteiger partial charge in [-0.2, -0.15) is 0 Å². The van der Waals surface area contributed by atoms with Gasteiger partial charge in [-0.25, -0.2) is 4.98 Å². The molecule has 1 aliphatic heterocycles. The van der Waals surface area contributed by atoms with Crippen LogP contribution < -0.4 is 4.90 Å². The second-order valence-corrected chi connectivity index (χ2v) is 8.59. The van der Waals surface area contributed by atoms with Crippen LogP contribution in [0, 0.1) is 6.92 Å². The second-order valence-electron chi connectivity index (χ2n) is 8.59. The fourth-order valence-electron chi connectivity index (χ4n) is 4.25. The Kier molecular flexibility index (Phi) is 4.68. The summed E-state index contributed by atoms with van der Waals surface area (Å²) in [4.78, 5) is 8.83. The van der Waals surface area contributed by atoms with Gasteiger partial charge in [0.15, 0.2) is 0 Å². The SMILES string of the molecule is Cc1ccc2c(c1)c1c(n2CC(C)(O)c2ccc(N(C)C)nc2)CCN(C)C1. The monoisotopic (exact) mass is 378 g/mol. The number of likely N-dealkylation sites (N-methyl/N-ethyl adjacent to an activating group) is 1. The Morgan fingerprint density at radius 1 is 1.21 bits per heavy atom. The van der Waals surface area contributed by atoms with Gasteiger partial charge in [0.05, 0.1) is 6.54 Å². The number of aliphatic hydroxyl groups is 1. The van der Waals surface area contributed by atoms with Gasteiger partial charge in [0.1, 0.15) is 11.4 Å². The molecule has 0 fully saturated rings. The maximum atomic E-state index is 11.4. The number of hydrogen-bond donors (Lipinski definition) is 1. The van der Waals surface area contributed by atoms with Crippen LogP contribution >= 0.6 is 0 Å². The first-order chi connectivity index (χ1) is 13.3. The van der Waals surface area contributed by atoms with Crippen molar-refractivity contribution < 1.29 is 5.11 Å². The largest absolute Gasteiger partial charge is 0.384 e. The minimum atomic E-state index is -0.994. The average Bonchev–Trinajstić information content (AvgIpc) is 2.94. The Morgan fingerprint density at radius 3 is 2.68 bits per heavy atom. The molecule has 0 spiro atoms. The second kappa shape index (κ2) is 6.90. The number of fused-ring (bicyclic) bond motifs is 3. The first-order valence-corrected chi connectivity index (χ1v) is 9.91. The lowest BCUT2D eigenvalue weighted by Gasteiger charge is -2.29. The van der Waals surface area contributed by atoms with Crippen molar-refractivity contribution in [2.45, 2.75) is 39.0 Å². The maximum absolute atomic E-state index is 11.4. The molecule has 0 saturated heterocycles. The number of rotatable bonds is 4. The standard InChI is InChI=1S/C23H30N4O/c1-16-6-8-20-18(12-16)19-14-26(5)11-10-21(19)27(20)15-23(2,28)17-7-9-22(24-13-17)25(3)4/h6-9,12-13,28H,10-11,14-15H2,1-5H3. The van der Waals surface area contributed by atoms with Gasteiger partial charge in [-0.1, -0.05) is 17.7 Å². The van der Waals surface area contributed by atoms with Crippen molar-refractivity contribution in [2.75, 3.05) is 32.6 Å². The number of anilines is 1. The van der Waals surface area contributed by atoms with E-state index in [9.17, 15) is 5.11 Å². The van der Waals surface area contributed by atoms with Gasteiger partial charge in [-0.3, -0.25) is 0 Å². The van der Waals surface area contributed by atoms with Gasteiger partial charge in [0, 0.05) is 62.0 Å². The summed E-state index contributed by atoms with van der Waals surface area (Å²) < 4.78 is 2.33. The summed E-state index contributed by atoms with van der Waals surface area (Å²) in [6, 6.07) is 10.6. The van der Waals surface area contributed by atoms with Crippen LogP contribution in [0.25, 0.3) is 10.9 Å². The summed E-state index contributed by atoms with van der Waals surface area (Å²) in [5, 5.41) is 12.7. The summed E-state index contributed by atoms with van der Waals surface area (Å²) in [6.07, 6.45) is 2.80. The van der Waals surface area contributed by atoms with E-state index in [2.05, 4.69) is 46.6 Å². The average molecular weight is 379 g/mol. The molecule has 5 nitrogen and oxygen atoms in total. The highest BCUT2D eigenvalue weighted by Crippen LogP contribution is 2.34. The zero-order valence-electron chi connectivity index (χ0n) is 17.5. The van der Waals surface area contributed by atoms with E-state index in [1.54, 1.807) is 6.20 Å². The third-order valence-electron chi connectivity index (χ3n) is 5.89. The van der Waals surface area contributed by atoms with Crippen LogP contribution in [0.1, 0.15) is 29.3 Å². The van der Waals surface area contributed by atoms with Gasteiger partial charge in [-0.05, 0) is 44.7 Å². The molecule has 1 atom stereocenters. The van der Waals surface area contributed by atoms with E-state index in [-0.39, 0.29) is 0 Å². The summed E-state index contributed by atoms with van der Waals surface area (Å²) in [7, 11) is 6.12. The van der Waals surface area contributed by atoms with E-state index < -0.39 is 5.60 Å². The number of nitrogens with zero attached hydrogens (tertiary/aromatic N) is 4. The molecule has 0 amide bonds. The molecule has 1 aliphatic rings. The summed E-state index contributed by atoms with van der Waals surface area (Å²) >= 11 is 0. The van der Waals surface area contributed by atoms with Crippen molar-refractivity contribution in [3.8, 4) is 0 Å². The lowest BCUT2D eigenvalue weighted by molar-refractivity contribution is 0.0382. The molecule has 5 heteroatoms. The third-order valence-corrected chi connectivity index (χ3v) is 5.89. The molecule has 1 unspecified atom stereocenters. The highest BCUT2D eigenvalue weighted by atomic mass is 16.3. The number of hydrogen-bond acceptors (Lipinski definition) is 4.